The summed E-state index contributed by atoms with van der Waals surface area (Å²) in [5, 5.41) is 5.30. The van der Waals surface area contributed by atoms with Crippen molar-refractivity contribution in [2.24, 2.45) is 92.7 Å². The molecule has 0 aromatic heterocycles. The van der Waals surface area contributed by atoms with Gasteiger partial charge in [-0.15, -0.1) is 0 Å². The maximum Gasteiger partial charge on any atom is 0.306 e. The van der Waals surface area contributed by atoms with E-state index >= 15 is 0 Å². The zero-order valence-electron chi connectivity index (χ0n) is 45.4. The summed E-state index contributed by atoms with van der Waals surface area (Å²) in [5.74, 6) is 5.53. The molecule has 416 valence electrons. The van der Waals surface area contributed by atoms with Crippen LogP contribution < -0.4 is 10.6 Å². The van der Waals surface area contributed by atoms with Crippen molar-refractivity contribution in [1.82, 2.24) is 10.6 Å². The second kappa shape index (κ2) is 22.6. The van der Waals surface area contributed by atoms with E-state index in [1.54, 1.807) is 0 Å². The molecule has 2 amide bonds. The van der Waals surface area contributed by atoms with E-state index in [1.807, 2.05) is 0 Å². The summed E-state index contributed by atoms with van der Waals surface area (Å²) in [6, 6.07) is 0. The van der Waals surface area contributed by atoms with Crippen molar-refractivity contribution < 1.29 is 54.6 Å². The normalized spacial score (nSPS) is 40.8. The van der Waals surface area contributed by atoms with Crippen LogP contribution in [0.25, 0.3) is 0 Å². The molecule has 0 aliphatic heterocycles. The Morgan fingerprint density at radius 3 is 1.26 bits per heavy atom. The average molecular weight is 1060 g/mol. The van der Waals surface area contributed by atoms with Crippen molar-refractivity contribution in [3.63, 3.8) is 0 Å². The van der Waals surface area contributed by atoms with Crippen LogP contribution in [0, 0.1) is 92.7 Å². The molecular formula is C57H94N2O12S2. The molecule has 8 rings (SSSR count). The molecule has 0 unspecified atom stereocenters. The van der Waals surface area contributed by atoms with E-state index in [0.29, 0.717) is 90.3 Å². The standard InChI is InChI=1S/C57H94N2O12S2/c1-36(10-20-50(60)58-30-32-72(64,65)66)44-16-18-46-42-14-12-38-34-40(22-26-54(38,3)48(42)24-28-56(44,46)5)70-52(62)8-7-9-53(63)71-41-23-27-55(4)39(35-41)13-15-43-47-19-17-45(57(47,6)29-25-49(43)55)37(2)11-21-51(61)59-31-33-73(67,68)69/h36-49H,7-35H2,1-6H3,(H,58,60)(H,59,61)(H,64,65,66)(H,67,68,69)/t36-,37-,38-,39-,40-,41-,42+,43+,44-,45-,46+,47+,48+,49+,54+,55+,56-,57-/m1/s1. The van der Waals surface area contributed by atoms with Gasteiger partial charge in [0.2, 0.25) is 11.8 Å². The van der Waals surface area contributed by atoms with Crippen LogP contribution >= 0.6 is 0 Å². The monoisotopic (exact) mass is 1060 g/mol. The largest absolute Gasteiger partial charge is 0.462 e. The Balaban J connectivity index is 0.728. The van der Waals surface area contributed by atoms with Gasteiger partial charge in [-0.05, 0) is 228 Å². The highest BCUT2D eigenvalue weighted by molar-refractivity contribution is 7.86. The number of ether oxygens (including phenoxy) is 2. The Bertz CT molecular complexity index is 2070. The molecule has 8 saturated carbocycles. The fourth-order valence-electron chi connectivity index (χ4n) is 19.4. The van der Waals surface area contributed by atoms with Crippen LogP contribution in [-0.2, 0) is 48.9 Å². The first-order chi connectivity index (χ1) is 34.3. The lowest BCUT2D eigenvalue weighted by atomic mass is 9.44. The Labute approximate surface area is 438 Å². The minimum absolute atomic E-state index is 0.0609. The molecule has 0 heterocycles. The lowest BCUT2D eigenvalue weighted by Crippen LogP contribution is -2.54. The van der Waals surface area contributed by atoms with Gasteiger partial charge in [-0.3, -0.25) is 28.3 Å². The molecule has 8 aliphatic carbocycles. The van der Waals surface area contributed by atoms with Gasteiger partial charge in [0, 0.05) is 38.8 Å². The molecule has 0 saturated heterocycles. The minimum atomic E-state index is -4.10. The summed E-state index contributed by atoms with van der Waals surface area (Å²) in [7, 11) is -8.20. The van der Waals surface area contributed by atoms with E-state index < -0.39 is 31.7 Å². The summed E-state index contributed by atoms with van der Waals surface area (Å²) < 4.78 is 74.5. The van der Waals surface area contributed by atoms with Crippen molar-refractivity contribution in [3.8, 4) is 0 Å². The third-order valence-corrected chi connectivity index (χ3v) is 24.6. The topological polar surface area (TPSA) is 220 Å². The summed E-state index contributed by atoms with van der Waals surface area (Å²) in [5.41, 5.74) is 1.02. The number of nitrogens with one attached hydrogen (secondary N) is 2. The number of carbonyl (C=O) groups is 4. The summed E-state index contributed by atoms with van der Waals surface area (Å²) in [4.78, 5) is 51.5. The van der Waals surface area contributed by atoms with Gasteiger partial charge >= 0.3 is 11.9 Å². The van der Waals surface area contributed by atoms with E-state index in [1.165, 1.54) is 77.0 Å². The zero-order valence-corrected chi connectivity index (χ0v) is 47.0. The number of hydrogen-bond acceptors (Lipinski definition) is 10. The third kappa shape index (κ3) is 12.5. The van der Waals surface area contributed by atoms with Crippen LogP contribution in [-0.4, -0.2) is 86.5 Å². The average Bonchev–Trinajstić information content (AvgIpc) is 3.86. The molecule has 18 atom stereocenters. The maximum atomic E-state index is 13.3. The number of rotatable bonds is 20. The highest BCUT2D eigenvalue weighted by Crippen LogP contribution is 2.70. The third-order valence-electron chi connectivity index (χ3n) is 23.1. The Morgan fingerprint density at radius 2 is 0.877 bits per heavy atom. The molecule has 8 fully saturated rings. The lowest BCUT2D eigenvalue weighted by molar-refractivity contribution is -0.164. The fourth-order valence-corrected chi connectivity index (χ4v) is 20.1. The van der Waals surface area contributed by atoms with Gasteiger partial charge in [0.1, 0.15) is 12.2 Å². The van der Waals surface area contributed by atoms with Gasteiger partial charge in [0.05, 0.1) is 11.5 Å². The maximum absolute atomic E-state index is 13.3. The molecular weight excluding hydrogens is 969 g/mol. The smallest absolute Gasteiger partial charge is 0.306 e. The zero-order chi connectivity index (χ0) is 52.7. The summed E-state index contributed by atoms with van der Waals surface area (Å²) >= 11 is 0. The van der Waals surface area contributed by atoms with E-state index in [0.717, 1.165) is 51.4 Å². The molecule has 4 N–H and O–H groups in total. The number of esters is 2. The molecule has 0 radical (unpaired) electrons. The highest BCUT2D eigenvalue weighted by Gasteiger charge is 2.62. The quantitative estimate of drug-likeness (QED) is 0.0661. The van der Waals surface area contributed by atoms with Crippen molar-refractivity contribution in [2.45, 2.75) is 214 Å². The van der Waals surface area contributed by atoms with Crippen molar-refractivity contribution in [3.05, 3.63) is 0 Å². The molecule has 16 heteroatoms. The fraction of sp³-hybridized carbons (Fsp3) is 0.930. The summed E-state index contributed by atoms with van der Waals surface area (Å²) in [6.45, 7) is 14.6. The molecule has 8 aliphatic rings. The molecule has 73 heavy (non-hydrogen) atoms. The number of carbonyl (C=O) groups excluding carboxylic acids is 4. The lowest BCUT2D eigenvalue weighted by Gasteiger charge is -2.61. The van der Waals surface area contributed by atoms with Gasteiger partial charge in [0.15, 0.2) is 0 Å². The van der Waals surface area contributed by atoms with Gasteiger partial charge in [-0.2, -0.15) is 16.8 Å². The first kappa shape index (κ1) is 56.9. The van der Waals surface area contributed by atoms with Crippen LogP contribution in [0.3, 0.4) is 0 Å². The van der Waals surface area contributed by atoms with Crippen LogP contribution in [0.4, 0.5) is 0 Å². The number of fused-ring (bicyclic) bond motifs is 10. The van der Waals surface area contributed by atoms with Crippen LogP contribution in [0.1, 0.15) is 202 Å². The Kier molecular flexibility index (Phi) is 17.6. The van der Waals surface area contributed by atoms with Crippen molar-refractivity contribution >= 4 is 44.0 Å². The van der Waals surface area contributed by atoms with E-state index in [-0.39, 0.29) is 83.6 Å². The van der Waals surface area contributed by atoms with Crippen molar-refractivity contribution in [1.29, 1.82) is 0 Å². The SMILES string of the molecule is C[C@H](CCC(=O)NCCS(=O)(=O)O)[C@H]1CC[C@H]2[C@@H]3CC[C@@H]4C[C@H](OC(=O)CCCC(=O)O[C@@H]5CC[C@@]6(C)[C@H](CC[C@@H]7[C@@H]6CC[C@]6(C)[C@@H]([C@H](C)CCC(=O)NCCS(=O)(=O)O)CC[C@@H]76)C5)CC[C@]4(C)[C@H]3CC[C@]12C. The van der Waals surface area contributed by atoms with Crippen molar-refractivity contribution in [2.75, 3.05) is 24.6 Å². The first-order valence-corrected chi connectivity index (χ1v) is 32.4. The van der Waals surface area contributed by atoms with Gasteiger partial charge < -0.3 is 20.1 Å². The van der Waals surface area contributed by atoms with Gasteiger partial charge in [-0.25, -0.2) is 0 Å². The molecule has 0 aromatic carbocycles. The van der Waals surface area contributed by atoms with Gasteiger partial charge in [0.25, 0.3) is 20.2 Å². The predicted molar refractivity (Wildman–Crippen MR) is 280 cm³/mol. The van der Waals surface area contributed by atoms with E-state index in [9.17, 15) is 36.0 Å². The van der Waals surface area contributed by atoms with E-state index in [4.69, 9.17) is 18.6 Å². The predicted octanol–water partition coefficient (Wildman–Crippen LogP) is 10.1. The second-order valence-electron chi connectivity index (χ2n) is 26.7. The second-order valence-corrected chi connectivity index (χ2v) is 29.8. The molecule has 14 nitrogen and oxygen atoms in total. The Hall–Kier alpha value is -2.30. The van der Waals surface area contributed by atoms with E-state index in [2.05, 4.69) is 52.2 Å². The molecule has 0 aromatic rings. The highest BCUT2D eigenvalue weighted by atomic mass is 32.2. The summed E-state index contributed by atoms with van der Waals surface area (Å²) in [6.07, 6.45) is 23.5. The van der Waals surface area contributed by atoms with Crippen LogP contribution in [0.15, 0.2) is 0 Å². The minimum Gasteiger partial charge on any atom is -0.462 e. The first-order valence-electron chi connectivity index (χ1n) is 29.2. The molecule has 0 spiro atoms. The van der Waals surface area contributed by atoms with Crippen LogP contribution in [0.5, 0.6) is 0 Å². The van der Waals surface area contributed by atoms with Crippen LogP contribution in [0.2, 0.25) is 0 Å². The Morgan fingerprint density at radius 1 is 0.507 bits per heavy atom. The number of hydrogen-bond donors (Lipinski definition) is 4. The number of amides is 2. The molecule has 0 bridgehead atoms. The van der Waals surface area contributed by atoms with Gasteiger partial charge in [-0.1, -0.05) is 41.5 Å².